The summed E-state index contributed by atoms with van der Waals surface area (Å²) in [5, 5.41) is 9.58. The SMILES string of the molecule is Cc1cc(C2(CN)CCC(O)CC2)ccc1F. The summed E-state index contributed by atoms with van der Waals surface area (Å²) in [6.07, 6.45) is 3.14. The molecule has 17 heavy (non-hydrogen) atoms. The number of aliphatic hydroxyl groups excluding tert-OH is 1. The van der Waals surface area contributed by atoms with Gasteiger partial charge in [-0.3, -0.25) is 0 Å². The largest absolute Gasteiger partial charge is 0.393 e. The molecule has 1 aromatic rings. The topological polar surface area (TPSA) is 46.2 Å². The van der Waals surface area contributed by atoms with Gasteiger partial charge in [-0.2, -0.15) is 0 Å². The van der Waals surface area contributed by atoms with E-state index in [1.54, 1.807) is 6.92 Å². The number of halogens is 1. The second kappa shape index (κ2) is 4.75. The molecular weight excluding hydrogens is 217 g/mol. The fourth-order valence-electron chi connectivity index (χ4n) is 2.74. The molecule has 1 saturated carbocycles. The Morgan fingerprint density at radius 2 is 2.06 bits per heavy atom. The fraction of sp³-hybridized carbons (Fsp3) is 0.571. The van der Waals surface area contributed by atoms with Crippen molar-refractivity contribution in [1.29, 1.82) is 0 Å². The van der Waals surface area contributed by atoms with Crippen molar-refractivity contribution in [2.45, 2.75) is 44.1 Å². The molecule has 0 heterocycles. The molecule has 3 heteroatoms. The van der Waals surface area contributed by atoms with Crippen LogP contribution in [0.1, 0.15) is 36.8 Å². The molecule has 2 rings (SSSR count). The lowest BCUT2D eigenvalue weighted by Gasteiger charge is -2.38. The number of rotatable bonds is 2. The van der Waals surface area contributed by atoms with E-state index >= 15 is 0 Å². The summed E-state index contributed by atoms with van der Waals surface area (Å²) >= 11 is 0. The van der Waals surface area contributed by atoms with E-state index in [9.17, 15) is 9.50 Å². The lowest BCUT2D eigenvalue weighted by molar-refractivity contribution is 0.0974. The van der Waals surface area contributed by atoms with Gasteiger partial charge in [0.2, 0.25) is 0 Å². The molecule has 1 fully saturated rings. The van der Waals surface area contributed by atoms with Crippen LogP contribution in [0.2, 0.25) is 0 Å². The quantitative estimate of drug-likeness (QED) is 0.828. The maximum atomic E-state index is 13.3. The molecular formula is C14H20FNO. The highest BCUT2D eigenvalue weighted by Crippen LogP contribution is 2.39. The number of benzene rings is 1. The summed E-state index contributed by atoms with van der Waals surface area (Å²) in [6.45, 7) is 2.34. The lowest BCUT2D eigenvalue weighted by Crippen LogP contribution is -2.40. The molecule has 1 aliphatic carbocycles. The number of aliphatic hydroxyl groups is 1. The van der Waals surface area contributed by atoms with Crippen molar-refractivity contribution in [3.05, 3.63) is 35.1 Å². The van der Waals surface area contributed by atoms with Crippen LogP contribution in [0, 0.1) is 12.7 Å². The molecule has 0 amide bonds. The van der Waals surface area contributed by atoms with Gasteiger partial charge in [-0.05, 0) is 49.8 Å². The molecule has 0 saturated heterocycles. The first-order valence-corrected chi connectivity index (χ1v) is 6.22. The zero-order valence-corrected chi connectivity index (χ0v) is 10.2. The standard InChI is InChI=1S/C14H20FNO/c1-10-8-11(2-3-13(10)15)14(9-16)6-4-12(17)5-7-14/h2-3,8,12,17H,4-7,9,16H2,1H3. The van der Waals surface area contributed by atoms with Crippen LogP contribution in [0.15, 0.2) is 18.2 Å². The average Bonchev–Trinajstić information content (AvgIpc) is 2.34. The Morgan fingerprint density at radius 1 is 1.41 bits per heavy atom. The van der Waals surface area contributed by atoms with Gasteiger partial charge in [0.25, 0.3) is 0 Å². The number of hydrogen-bond acceptors (Lipinski definition) is 2. The Bertz CT molecular complexity index is 397. The van der Waals surface area contributed by atoms with Gasteiger partial charge in [0.05, 0.1) is 6.10 Å². The van der Waals surface area contributed by atoms with E-state index < -0.39 is 0 Å². The molecule has 0 unspecified atom stereocenters. The Balaban J connectivity index is 2.31. The Kier molecular flexibility index (Phi) is 3.50. The molecule has 0 aromatic heterocycles. The minimum atomic E-state index is -0.198. The third-order valence-corrected chi connectivity index (χ3v) is 4.07. The third kappa shape index (κ3) is 2.35. The van der Waals surface area contributed by atoms with Gasteiger partial charge in [0.15, 0.2) is 0 Å². The van der Waals surface area contributed by atoms with Crippen molar-refractivity contribution in [2.75, 3.05) is 6.54 Å². The summed E-state index contributed by atoms with van der Waals surface area (Å²) in [5.41, 5.74) is 7.64. The van der Waals surface area contributed by atoms with E-state index in [0.29, 0.717) is 12.1 Å². The molecule has 0 bridgehead atoms. The van der Waals surface area contributed by atoms with E-state index in [2.05, 4.69) is 0 Å². The molecule has 0 radical (unpaired) electrons. The highest BCUT2D eigenvalue weighted by molar-refractivity contribution is 5.31. The normalized spacial score (nSPS) is 29.3. The molecule has 2 nitrogen and oxygen atoms in total. The Hall–Kier alpha value is -0.930. The maximum absolute atomic E-state index is 13.3. The first-order chi connectivity index (χ1) is 8.07. The molecule has 3 N–H and O–H groups in total. The van der Waals surface area contributed by atoms with Crippen LogP contribution >= 0.6 is 0 Å². The van der Waals surface area contributed by atoms with Gasteiger partial charge >= 0.3 is 0 Å². The van der Waals surface area contributed by atoms with Crippen molar-refractivity contribution >= 4 is 0 Å². The molecule has 94 valence electrons. The number of nitrogens with two attached hydrogens (primary N) is 1. The van der Waals surface area contributed by atoms with Crippen molar-refractivity contribution in [3.63, 3.8) is 0 Å². The highest BCUT2D eigenvalue weighted by atomic mass is 19.1. The van der Waals surface area contributed by atoms with Crippen LogP contribution in [-0.4, -0.2) is 17.8 Å². The van der Waals surface area contributed by atoms with Crippen LogP contribution in [0.5, 0.6) is 0 Å². The van der Waals surface area contributed by atoms with Crippen LogP contribution in [0.25, 0.3) is 0 Å². The second-order valence-electron chi connectivity index (χ2n) is 5.18. The molecule has 0 spiro atoms. The summed E-state index contributed by atoms with van der Waals surface area (Å²) < 4.78 is 13.3. The first kappa shape index (κ1) is 12.5. The summed E-state index contributed by atoms with van der Waals surface area (Å²) in [7, 11) is 0. The number of aryl methyl sites for hydroxylation is 1. The monoisotopic (exact) mass is 237 g/mol. The first-order valence-electron chi connectivity index (χ1n) is 6.22. The van der Waals surface area contributed by atoms with E-state index in [1.165, 1.54) is 6.07 Å². The summed E-state index contributed by atoms with van der Waals surface area (Å²) in [5.74, 6) is -0.170. The van der Waals surface area contributed by atoms with Crippen LogP contribution in [-0.2, 0) is 5.41 Å². The molecule has 0 aliphatic heterocycles. The van der Waals surface area contributed by atoms with Crippen LogP contribution < -0.4 is 5.73 Å². The van der Waals surface area contributed by atoms with Gasteiger partial charge in [0.1, 0.15) is 5.82 Å². The molecule has 1 aliphatic rings. The van der Waals surface area contributed by atoms with Crippen molar-refractivity contribution in [2.24, 2.45) is 5.73 Å². The third-order valence-electron chi connectivity index (χ3n) is 4.07. The van der Waals surface area contributed by atoms with E-state index in [-0.39, 0.29) is 17.3 Å². The predicted octanol–water partition coefficient (Wildman–Crippen LogP) is 2.27. The van der Waals surface area contributed by atoms with Crippen LogP contribution in [0.4, 0.5) is 4.39 Å². The average molecular weight is 237 g/mol. The zero-order chi connectivity index (χ0) is 12.5. The van der Waals surface area contributed by atoms with E-state index in [0.717, 1.165) is 31.2 Å². The highest BCUT2D eigenvalue weighted by Gasteiger charge is 2.35. The van der Waals surface area contributed by atoms with Gasteiger partial charge in [-0.1, -0.05) is 12.1 Å². The lowest BCUT2D eigenvalue weighted by atomic mass is 9.68. The summed E-state index contributed by atoms with van der Waals surface area (Å²) in [6, 6.07) is 5.26. The molecule has 0 atom stereocenters. The maximum Gasteiger partial charge on any atom is 0.126 e. The van der Waals surface area contributed by atoms with Crippen molar-refractivity contribution < 1.29 is 9.50 Å². The second-order valence-corrected chi connectivity index (χ2v) is 5.18. The Morgan fingerprint density at radius 3 is 2.59 bits per heavy atom. The van der Waals surface area contributed by atoms with E-state index in [4.69, 9.17) is 5.73 Å². The fourth-order valence-corrected chi connectivity index (χ4v) is 2.74. The minimum absolute atomic E-state index is 0.0717. The number of hydrogen-bond donors (Lipinski definition) is 2. The van der Waals surface area contributed by atoms with Gasteiger partial charge in [-0.15, -0.1) is 0 Å². The smallest absolute Gasteiger partial charge is 0.126 e. The van der Waals surface area contributed by atoms with E-state index in [1.807, 2.05) is 12.1 Å². The minimum Gasteiger partial charge on any atom is -0.393 e. The molecule has 1 aromatic carbocycles. The zero-order valence-electron chi connectivity index (χ0n) is 10.2. The van der Waals surface area contributed by atoms with Gasteiger partial charge in [-0.25, -0.2) is 4.39 Å². The van der Waals surface area contributed by atoms with Crippen molar-refractivity contribution in [1.82, 2.24) is 0 Å². The Labute approximate surface area is 102 Å². The van der Waals surface area contributed by atoms with Gasteiger partial charge < -0.3 is 10.8 Å². The summed E-state index contributed by atoms with van der Waals surface area (Å²) in [4.78, 5) is 0. The van der Waals surface area contributed by atoms with Crippen molar-refractivity contribution in [3.8, 4) is 0 Å². The van der Waals surface area contributed by atoms with Gasteiger partial charge in [0, 0.05) is 12.0 Å². The predicted molar refractivity (Wildman–Crippen MR) is 66.3 cm³/mol. The van der Waals surface area contributed by atoms with Crippen LogP contribution in [0.3, 0.4) is 0 Å².